The number of amides is 2. The van der Waals surface area contributed by atoms with Crippen LogP contribution in [0.5, 0.6) is 0 Å². The molecular formula is C15H29N3O2. The molecule has 1 unspecified atom stereocenters. The summed E-state index contributed by atoms with van der Waals surface area (Å²) in [5, 5.41) is 12.1. The number of hydrogen-bond donors (Lipinski definition) is 2. The third-order valence-corrected chi connectivity index (χ3v) is 4.61. The maximum Gasteiger partial charge on any atom is 0.317 e. The summed E-state index contributed by atoms with van der Waals surface area (Å²) in [6.45, 7) is 8.14. The first-order valence-electron chi connectivity index (χ1n) is 8.05. The number of nitrogens with one attached hydrogen (secondary N) is 1. The molecule has 0 aromatic rings. The monoisotopic (exact) mass is 283 g/mol. The van der Waals surface area contributed by atoms with E-state index in [2.05, 4.69) is 17.1 Å². The molecule has 2 heterocycles. The van der Waals surface area contributed by atoms with Gasteiger partial charge in [-0.15, -0.1) is 0 Å². The number of aliphatic hydroxyl groups excluding tert-OH is 1. The van der Waals surface area contributed by atoms with Crippen molar-refractivity contribution in [2.24, 2.45) is 11.8 Å². The number of urea groups is 1. The number of nitrogens with zero attached hydrogens (tertiary/aromatic N) is 2. The van der Waals surface area contributed by atoms with Crippen LogP contribution in [-0.2, 0) is 0 Å². The number of carbonyl (C=O) groups excluding carboxylic acids is 1. The highest BCUT2D eigenvalue weighted by molar-refractivity contribution is 5.74. The second-order valence-corrected chi connectivity index (χ2v) is 6.39. The lowest BCUT2D eigenvalue weighted by molar-refractivity contribution is 0.135. The number of likely N-dealkylation sites (tertiary alicyclic amines) is 2. The third kappa shape index (κ3) is 4.63. The lowest BCUT2D eigenvalue weighted by atomic mass is 9.98. The van der Waals surface area contributed by atoms with E-state index in [-0.39, 0.29) is 12.6 Å². The molecule has 0 aromatic heterocycles. The van der Waals surface area contributed by atoms with Gasteiger partial charge in [-0.25, -0.2) is 4.79 Å². The maximum absolute atomic E-state index is 12.0. The lowest BCUT2D eigenvalue weighted by Crippen LogP contribution is -2.47. The predicted molar refractivity (Wildman–Crippen MR) is 79.6 cm³/mol. The molecule has 0 bridgehead atoms. The molecule has 2 amide bonds. The van der Waals surface area contributed by atoms with E-state index in [1.807, 2.05) is 4.90 Å². The fraction of sp³-hybridized carbons (Fsp3) is 0.933. The smallest absolute Gasteiger partial charge is 0.317 e. The van der Waals surface area contributed by atoms with E-state index in [1.54, 1.807) is 0 Å². The molecule has 5 heteroatoms. The van der Waals surface area contributed by atoms with Crippen molar-refractivity contribution in [3.63, 3.8) is 0 Å². The van der Waals surface area contributed by atoms with Gasteiger partial charge >= 0.3 is 6.03 Å². The van der Waals surface area contributed by atoms with Gasteiger partial charge in [-0.3, -0.25) is 0 Å². The molecule has 0 aromatic carbocycles. The normalized spacial score (nSPS) is 25.7. The summed E-state index contributed by atoms with van der Waals surface area (Å²) in [6.07, 6.45) is 4.47. The Morgan fingerprint density at radius 3 is 2.65 bits per heavy atom. The van der Waals surface area contributed by atoms with Gasteiger partial charge in [0.1, 0.15) is 0 Å². The van der Waals surface area contributed by atoms with Gasteiger partial charge in [0.15, 0.2) is 0 Å². The van der Waals surface area contributed by atoms with Crippen molar-refractivity contribution in [1.82, 2.24) is 15.1 Å². The summed E-state index contributed by atoms with van der Waals surface area (Å²) in [4.78, 5) is 16.4. The Morgan fingerprint density at radius 1 is 1.25 bits per heavy atom. The zero-order chi connectivity index (χ0) is 14.4. The maximum atomic E-state index is 12.0. The van der Waals surface area contributed by atoms with Crippen LogP contribution in [0.25, 0.3) is 0 Å². The minimum absolute atomic E-state index is 0.0615. The molecule has 2 aliphatic rings. The lowest BCUT2D eigenvalue weighted by Gasteiger charge is -2.33. The number of piperidine rings is 2. The summed E-state index contributed by atoms with van der Waals surface area (Å²) in [5.41, 5.74) is 0. The minimum atomic E-state index is 0.0615. The molecule has 20 heavy (non-hydrogen) atoms. The SMILES string of the molecule is CC1CCCN(CCNC(=O)N2CCC(CO)CC2)C1. The van der Waals surface area contributed by atoms with Crippen LogP contribution in [0.2, 0.25) is 0 Å². The van der Waals surface area contributed by atoms with Crippen LogP contribution in [0, 0.1) is 11.8 Å². The van der Waals surface area contributed by atoms with E-state index >= 15 is 0 Å². The summed E-state index contributed by atoms with van der Waals surface area (Å²) >= 11 is 0. The van der Waals surface area contributed by atoms with Crippen molar-refractivity contribution in [3.8, 4) is 0 Å². The number of hydrogen-bond acceptors (Lipinski definition) is 3. The zero-order valence-corrected chi connectivity index (χ0v) is 12.7. The van der Waals surface area contributed by atoms with Crippen LogP contribution in [0.15, 0.2) is 0 Å². The summed E-state index contributed by atoms with van der Waals surface area (Å²) in [6, 6.07) is 0.0615. The fourth-order valence-electron chi connectivity index (χ4n) is 3.24. The highest BCUT2D eigenvalue weighted by atomic mass is 16.3. The van der Waals surface area contributed by atoms with E-state index in [0.29, 0.717) is 5.92 Å². The third-order valence-electron chi connectivity index (χ3n) is 4.61. The van der Waals surface area contributed by atoms with E-state index in [0.717, 1.165) is 51.5 Å². The molecule has 2 saturated heterocycles. The summed E-state index contributed by atoms with van der Waals surface area (Å²) in [7, 11) is 0. The molecule has 5 nitrogen and oxygen atoms in total. The van der Waals surface area contributed by atoms with E-state index in [4.69, 9.17) is 5.11 Å². The molecular weight excluding hydrogens is 254 g/mol. The van der Waals surface area contributed by atoms with Gasteiger partial charge < -0.3 is 20.2 Å². The Kier molecular flexibility index (Phi) is 6.10. The van der Waals surface area contributed by atoms with Crippen molar-refractivity contribution < 1.29 is 9.90 Å². The van der Waals surface area contributed by atoms with Gasteiger partial charge in [-0.05, 0) is 44.1 Å². The van der Waals surface area contributed by atoms with Crippen LogP contribution < -0.4 is 5.32 Å². The molecule has 2 fully saturated rings. The van der Waals surface area contributed by atoms with Crippen molar-refractivity contribution in [1.29, 1.82) is 0 Å². The second-order valence-electron chi connectivity index (χ2n) is 6.39. The van der Waals surface area contributed by atoms with Gasteiger partial charge in [-0.1, -0.05) is 6.92 Å². The zero-order valence-electron chi connectivity index (χ0n) is 12.7. The Labute approximate surface area is 122 Å². The molecule has 0 saturated carbocycles. The standard InChI is InChI=1S/C15H29N3O2/c1-13-3-2-7-17(11-13)10-6-16-15(20)18-8-4-14(12-19)5-9-18/h13-14,19H,2-12H2,1H3,(H,16,20). The van der Waals surface area contributed by atoms with E-state index < -0.39 is 0 Å². The van der Waals surface area contributed by atoms with Gasteiger partial charge in [0, 0.05) is 39.3 Å². The highest BCUT2D eigenvalue weighted by Crippen LogP contribution is 2.16. The molecule has 0 aliphatic carbocycles. The molecule has 116 valence electrons. The molecule has 1 atom stereocenters. The molecule has 0 spiro atoms. The first kappa shape index (κ1) is 15.6. The van der Waals surface area contributed by atoms with Crippen LogP contribution >= 0.6 is 0 Å². The quantitative estimate of drug-likeness (QED) is 0.813. The second kappa shape index (κ2) is 7.84. The Bertz CT molecular complexity index is 303. The molecule has 2 rings (SSSR count). The van der Waals surface area contributed by atoms with E-state index in [1.165, 1.54) is 19.4 Å². The van der Waals surface area contributed by atoms with Gasteiger partial charge in [0.05, 0.1) is 0 Å². The van der Waals surface area contributed by atoms with E-state index in [9.17, 15) is 4.79 Å². The highest BCUT2D eigenvalue weighted by Gasteiger charge is 2.22. The average molecular weight is 283 g/mol. The van der Waals surface area contributed by atoms with Crippen LogP contribution in [-0.4, -0.2) is 66.8 Å². The number of rotatable bonds is 4. The summed E-state index contributed by atoms with van der Waals surface area (Å²) in [5.74, 6) is 1.17. The van der Waals surface area contributed by atoms with Crippen LogP contribution in [0.1, 0.15) is 32.6 Å². The fourth-order valence-corrected chi connectivity index (χ4v) is 3.24. The predicted octanol–water partition coefficient (Wildman–Crippen LogP) is 1.13. The Hall–Kier alpha value is -0.810. The first-order valence-corrected chi connectivity index (χ1v) is 8.05. The largest absolute Gasteiger partial charge is 0.396 e. The van der Waals surface area contributed by atoms with Crippen LogP contribution in [0.3, 0.4) is 0 Å². The molecule has 0 radical (unpaired) electrons. The van der Waals surface area contributed by atoms with Crippen molar-refractivity contribution in [2.45, 2.75) is 32.6 Å². The van der Waals surface area contributed by atoms with Gasteiger partial charge in [-0.2, -0.15) is 0 Å². The van der Waals surface area contributed by atoms with Gasteiger partial charge in [0.25, 0.3) is 0 Å². The van der Waals surface area contributed by atoms with Crippen molar-refractivity contribution in [2.75, 3.05) is 45.9 Å². The Balaban J connectivity index is 1.60. The molecule has 2 aliphatic heterocycles. The van der Waals surface area contributed by atoms with Crippen molar-refractivity contribution >= 4 is 6.03 Å². The van der Waals surface area contributed by atoms with Gasteiger partial charge in [0.2, 0.25) is 0 Å². The number of aliphatic hydroxyl groups is 1. The average Bonchev–Trinajstić information content (AvgIpc) is 2.47. The first-order chi connectivity index (χ1) is 9.69. The Morgan fingerprint density at radius 2 is 2.00 bits per heavy atom. The summed E-state index contributed by atoms with van der Waals surface area (Å²) < 4.78 is 0. The topological polar surface area (TPSA) is 55.8 Å². The van der Waals surface area contributed by atoms with Crippen molar-refractivity contribution in [3.05, 3.63) is 0 Å². The minimum Gasteiger partial charge on any atom is -0.396 e. The molecule has 2 N–H and O–H groups in total. The number of carbonyl (C=O) groups is 1. The van der Waals surface area contributed by atoms with Crippen LogP contribution in [0.4, 0.5) is 4.79 Å².